The minimum Gasteiger partial charge on any atom is -0.306 e. The first kappa shape index (κ1) is 15.4. The fraction of sp³-hybridized carbons (Fsp3) is 0.286. The van der Waals surface area contributed by atoms with Crippen LogP contribution in [-0.2, 0) is 6.42 Å². The van der Waals surface area contributed by atoms with E-state index in [2.05, 4.69) is 25.9 Å². The molecule has 7 heteroatoms. The van der Waals surface area contributed by atoms with E-state index >= 15 is 0 Å². The number of hydrogen-bond donors (Lipinski definition) is 1. The van der Waals surface area contributed by atoms with Crippen LogP contribution in [0, 0.1) is 17.0 Å². The lowest BCUT2D eigenvalue weighted by molar-refractivity contribution is -0.384. The van der Waals surface area contributed by atoms with Gasteiger partial charge in [0.25, 0.3) is 11.2 Å². The first-order valence-electron chi connectivity index (χ1n) is 6.48. The van der Waals surface area contributed by atoms with Gasteiger partial charge in [-0.3, -0.25) is 14.9 Å². The summed E-state index contributed by atoms with van der Waals surface area (Å²) in [5, 5.41) is 10.9. The van der Waals surface area contributed by atoms with Gasteiger partial charge in [0.05, 0.1) is 10.6 Å². The van der Waals surface area contributed by atoms with Gasteiger partial charge in [0, 0.05) is 17.7 Å². The van der Waals surface area contributed by atoms with Gasteiger partial charge >= 0.3 is 0 Å². The molecule has 0 radical (unpaired) electrons. The SMILES string of the molecule is CCCc1nc(-c2cc([N+](=O)[O-])ccc2C)[nH]c(=O)c1Br. The van der Waals surface area contributed by atoms with Crippen molar-refractivity contribution in [1.29, 1.82) is 0 Å². The predicted octanol–water partition coefficient (Wildman–Crippen LogP) is 3.37. The molecule has 0 saturated heterocycles. The van der Waals surface area contributed by atoms with E-state index in [9.17, 15) is 14.9 Å². The van der Waals surface area contributed by atoms with Gasteiger partial charge in [0.15, 0.2) is 0 Å². The average molecular weight is 352 g/mol. The third-order valence-electron chi connectivity index (χ3n) is 3.11. The number of aromatic nitrogens is 2. The third kappa shape index (κ3) is 3.18. The Bertz CT molecular complexity index is 756. The molecule has 0 amide bonds. The maximum atomic E-state index is 12.0. The number of nitrogens with one attached hydrogen (secondary N) is 1. The van der Waals surface area contributed by atoms with Crippen LogP contribution < -0.4 is 5.56 Å². The molecule has 1 aromatic carbocycles. The van der Waals surface area contributed by atoms with Crippen LogP contribution in [0.5, 0.6) is 0 Å². The van der Waals surface area contributed by atoms with Crippen LogP contribution in [0.1, 0.15) is 24.6 Å². The number of nitro groups is 1. The van der Waals surface area contributed by atoms with Crippen LogP contribution in [0.2, 0.25) is 0 Å². The number of benzene rings is 1. The van der Waals surface area contributed by atoms with E-state index in [0.29, 0.717) is 28.0 Å². The molecule has 1 N–H and O–H groups in total. The van der Waals surface area contributed by atoms with Crippen molar-refractivity contribution in [2.75, 3.05) is 0 Å². The first-order valence-corrected chi connectivity index (χ1v) is 7.27. The predicted molar refractivity (Wildman–Crippen MR) is 83.4 cm³/mol. The molecule has 0 saturated carbocycles. The molecule has 0 atom stereocenters. The van der Waals surface area contributed by atoms with E-state index in [4.69, 9.17) is 0 Å². The highest BCUT2D eigenvalue weighted by Gasteiger charge is 2.14. The molecule has 0 fully saturated rings. The van der Waals surface area contributed by atoms with E-state index in [1.54, 1.807) is 6.07 Å². The summed E-state index contributed by atoms with van der Waals surface area (Å²) < 4.78 is 0.413. The zero-order chi connectivity index (χ0) is 15.6. The van der Waals surface area contributed by atoms with E-state index in [1.165, 1.54) is 12.1 Å². The van der Waals surface area contributed by atoms with Gasteiger partial charge in [0.1, 0.15) is 10.3 Å². The van der Waals surface area contributed by atoms with Gasteiger partial charge in [-0.05, 0) is 34.8 Å². The summed E-state index contributed by atoms with van der Waals surface area (Å²) in [6.07, 6.45) is 1.51. The molecule has 0 aliphatic rings. The van der Waals surface area contributed by atoms with Crippen LogP contribution in [-0.4, -0.2) is 14.9 Å². The van der Waals surface area contributed by atoms with E-state index in [-0.39, 0.29) is 11.2 Å². The van der Waals surface area contributed by atoms with Crippen molar-refractivity contribution >= 4 is 21.6 Å². The lowest BCUT2D eigenvalue weighted by Crippen LogP contribution is -2.14. The number of aromatic amines is 1. The zero-order valence-corrected chi connectivity index (χ0v) is 13.2. The van der Waals surface area contributed by atoms with Crippen LogP contribution in [0.4, 0.5) is 5.69 Å². The molecule has 0 aliphatic heterocycles. The number of nitrogens with zero attached hydrogens (tertiary/aromatic N) is 2. The van der Waals surface area contributed by atoms with Gasteiger partial charge in [-0.15, -0.1) is 0 Å². The number of aryl methyl sites for hydroxylation is 2. The van der Waals surface area contributed by atoms with Gasteiger partial charge in [-0.1, -0.05) is 19.4 Å². The molecule has 0 unspecified atom stereocenters. The van der Waals surface area contributed by atoms with Crippen LogP contribution >= 0.6 is 15.9 Å². The number of H-pyrrole nitrogens is 1. The molecule has 1 aromatic heterocycles. The maximum Gasteiger partial charge on any atom is 0.270 e. The summed E-state index contributed by atoms with van der Waals surface area (Å²) in [7, 11) is 0. The molecule has 2 aromatic rings. The Morgan fingerprint density at radius 2 is 2.14 bits per heavy atom. The lowest BCUT2D eigenvalue weighted by atomic mass is 10.1. The topological polar surface area (TPSA) is 88.9 Å². The van der Waals surface area contributed by atoms with Gasteiger partial charge in [-0.2, -0.15) is 0 Å². The number of rotatable bonds is 4. The highest BCUT2D eigenvalue weighted by molar-refractivity contribution is 9.10. The Labute approximate surface area is 129 Å². The Morgan fingerprint density at radius 1 is 1.43 bits per heavy atom. The molecule has 6 nitrogen and oxygen atoms in total. The van der Waals surface area contributed by atoms with Crippen molar-refractivity contribution in [3.63, 3.8) is 0 Å². The van der Waals surface area contributed by atoms with Crippen LogP contribution in [0.15, 0.2) is 27.5 Å². The number of non-ortho nitro benzene ring substituents is 1. The molecular formula is C14H14BrN3O3. The smallest absolute Gasteiger partial charge is 0.270 e. The standard InChI is InChI=1S/C14H14BrN3O3/c1-3-4-11-12(15)14(19)17-13(16-11)10-7-9(18(20)21)6-5-8(10)2/h5-7H,3-4H2,1-2H3,(H,16,17,19). The molecule has 2 rings (SSSR count). The second-order valence-electron chi connectivity index (χ2n) is 4.68. The normalized spacial score (nSPS) is 10.6. The minimum atomic E-state index is -0.465. The molecule has 0 aliphatic carbocycles. The Hall–Kier alpha value is -2.02. The van der Waals surface area contributed by atoms with E-state index in [0.717, 1.165) is 12.0 Å². The zero-order valence-electron chi connectivity index (χ0n) is 11.6. The Kier molecular flexibility index (Phi) is 4.52. The summed E-state index contributed by atoms with van der Waals surface area (Å²) in [6.45, 7) is 3.81. The number of halogens is 1. The summed E-state index contributed by atoms with van der Waals surface area (Å²) >= 11 is 3.23. The van der Waals surface area contributed by atoms with E-state index in [1.807, 2.05) is 13.8 Å². The minimum absolute atomic E-state index is 0.0294. The fourth-order valence-electron chi connectivity index (χ4n) is 2.01. The Morgan fingerprint density at radius 3 is 2.76 bits per heavy atom. The van der Waals surface area contributed by atoms with Crippen molar-refractivity contribution in [2.45, 2.75) is 26.7 Å². The number of nitro benzene ring substituents is 1. The second kappa shape index (κ2) is 6.17. The second-order valence-corrected chi connectivity index (χ2v) is 5.47. The summed E-state index contributed by atoms with van der Waals surface area (Å²) in [6, 6.07) is 4.51. The summed E-state index contributed by atoms with van der Waals surface area (Å²) in [4.78, 5) is 29.5. The van der Waals surface area contributed by atoms with Gasteiger partial charge in [-0.25, -0.2) is 4.98 Å². The first-order chi connectivity index (χ1) is 9.93. The summed E-state index contributed by atoms with van der Waals surface area (Å²) in [5.41, 5.74) is 1.72. The van der Waals surface area contributed by atoms with Gasteiger partial charge in [0.2, 0.25) is 0 Å². The maximum absolute atomic E-state index is 12.0. The van der Waals surface area contributed by atoms with Crippen molar-refractivity contribution in [1.82, 2.24) is 9.97 Å². The molecular weight excluding hydrogens is 338 g/mol. The highest BCUT2D eigenvalue weighted by atomic mass is 79.9. The fourth-order valence-corrected chi connectivity index (χ4v) is 2.40. The molecule has 1 heterocycles. The van der Waals surface area contributed by atoms with Gasteiger partial charge < -0.3 is 4.98 Å². The average Bonchev–Trinajstić information content (AvgIpc) is 2.44. The van der Waals surface area contributed by atoms with Crippen LogP contribution in [0.3, 0.4) is 0 Å². The molecule has 21 heavy (non-hydrogen) atoms. The quantitative estimate of drug-likeness (QED) is 0.675. The molecule has 110 valence electrons. The number of hydrogen-bond acceptors (Lipinski definition) is 4. The van der Waals surface area contributed by atoms with Crippen molar-refractivity contribution < 1.29 is 4.92 Å². The third-order valence-corrected chi connectivity index (χ3v) is 3.92. The Balaban J connectivity index is 2.64. The van der Waals surface area contributed by atoms with Crippen molar-refractivity contribution in [3.05, 3.63) is 54.4 Å². The highest BCUT2D eigenvalue weighted by Crippen LogP contribution is 2.25. The largest absolute Gasteiger partial charge is 0.306 e. The van der Waals surface area contributed by atoms with Crippen LogP contribution in [0.25, 0.3) is 11.4 Å². The molecule has 0 bridgehead atoms. The summed E-state index contributed by atoms with van der Waals surface area (Å²) in [5.74, 6) is 0.354. The monoisotopic (exact) mass is 351 g/mol. The molecule has 0 spiro atoms. The lowest BCUT2D eigenvalue weighted by Gasteiger charge is -2.08. The van der Waals surface area contributed by atoms with Crippen molar-refractivity contribution in [2.24, 2.45) is 0 Å². The van der Waals surface area contributed by atoms with E-state index < -0.39 is 4.92 Å². The van der Waals surface area contributed by atoms with Crippen molar-refractivity contribution in [3.8, 4) is 11.4 Å².